The number of nitrogens with zero attached hydrogens (tertiary/aromatic N) is 1. The molecule has 6 heteroatoms. The molecule has 0 aliphatic rings. The summed E-state index contributed by atoms with van der Waals surface area (Å²) >= 11 is 0. The first-order valence-corrected chi connectivity index (χ1v) is 5.65. The maximum absolute atomic E-state index is 11.2. The van der Waals surface area contributed by atoms with Crippen molar-refractivity contribution in [3.63, 3.8) is 0 Å². The summed E-state index contributed by atoms with van der Waals surface area (Å²) in [6, 6.07) is 5.68. The second-order valence-corrected chi connectivity index (χ2v) is 4.02. The zero-order chi connectivity index (χ0) is 12.7. The predicted octanol–water partition coefficient (Wildman–Crippen LogP) is 1.66. The molecule has 0 radical (unpaired) electrons. The second-order valence-electron chi connectivity index (χ2n) is 4.02. The summed E-state index contributed by atoms with van der Waals surface area (Å²) in [4.78, 5) is 20.7. The van der Waals surface area contributed by atoms with Gasteiger partial charge in [-0.05, 0) is 24.6 Å². The van der Waals surface area contributed by atoms with Crippen LogP contribution in [-0.2, 0) is 6.42 Å². The normalized spacial score (nSPS) is 11.2. The molecule has 0 amide bonds. The number of H-pyrrole nitrogens is 2. The maximum atomic E-state index is 11.2. The average molecular weight is 244 g/mol. The highest BCUT2D eigenvalue weighted by atomic mass is 16.4. The van der Waals surface area contributed by atoms with Gasteiger partial charge in [-0.25, -0.2) is 4.79 Å². The predicted molar refractivity (Wildman–Crippen MR) is 68.2 cm³/mol. The van der Waals surface area contributed by atoms with Crippen LogP contribution in [0.4, 0.5) is 6.01 Å². The van der Waals surface area contributed by atoms with Crippen molar-refractivity contribution in [2.45, 2.75) is 13.3 Å². The van der Waals surface area contributed by atoms with Crippen molar-refractivity contribution in [1.29, 1.82) is 0 Å². The standard InChI is InChI=1S/C12H12N4O2/c1-2-7-10(18-11(13)14-7)6-3-4-8-9(5-6)16-12(17)15-8/h3-5H,2H2,1H3,(H2,13,14)(H2,15,16,17). The van der Waals surface area contributed by atoms with Crippen molar-refractivity contribution in [3.8, 4) is 11.3 Å². The number of anilines is 1. The van der Waals surface area contributed by atoms with Crippen molar-refractivity contribution < 1.29 is 4.42 Å². The lowest BCUT2D eigenvalue weighted by molar-refractivity contribution is 0.593. The summed E-state index contributed by atoms with van der Waals surface area (Å²) in [6.45, 7) is 1.98. The van der Waals surface area contributed by atoms with Crippen LogP contribution in [0.2, 0.25) is 0 Å². The van der Waals surface area contributed by atoms with Crippen LogP contribution >= 0.6 is 0 Å². The van der Waals surface area contributed by atoms with E-state index in [9.17, 15) is 4.79 Å². The zero-order valence-corrected chi connectivity index (χ0v) is 9.78. The Bertz CT molecular complexity index is 766. The van der Waals surface area contributed by atoms with E-state index in [1.165, 1.54) is 0 Å². The number of nitrogens with two attached hydrogens (primary N) is 1. The van der Waals surface area contributed by atoms with Crippen LogP contribution in [0.25, 0.3) is 22.4 Å². The third kappa shape index (κ3) is 1.58. The van der Waals surface area contributed by atoms with Gasteiger partial charge in [-0.2, -0.15) is 4.98 Å². The molecule has 4 N–H and O–H groups in total. The minimum absolute atomic E-state index is 0.157. The minimum atomic E-state index is -0.227. The molecule has 2 aromatic heterocycles. The molecule has 0 saturated heterocycles. The van der Waals surface area contributed by atoms with E-state index in [0.29, 0.717) is 5.76 Å². The average Bonchev–Trinajstić information content (AvgIpc) is 2.89. The number of benzene rings is 1. The van der Waals surface area contributed by atoms with Gasteiger partial charge in [0.05, 0.1) is 16.7 Å². The summed E-state index contributed by atoms with van der Waals surface area (Å²) in [5, 5.41) is 0. The van der Waals surface area contributed by atoms with E-state index >= 15 is 0 Å². The number of fused-ring (bicyclic) bond motifs is 1. The quantitative estimate of drug-likeness (QED) is 0.638. The van der Waals surface area contributed by atoms with Crippen molar-refractivity contribution in [1.82, 2.24) is 15.0 Å². The highest BCUT2D eigenvalue weighted by molar-refractivity contribution is 5.80. The summed E-state index contributed by atoms with van der Waals surface area (Å²) in [5.41, 5.74) is 8.49. The topological polar surface area (TPSA) is 101 Å². The van der Waals surface area contributed by atoms with Crippen LogP contribution in [0.3, 0.4) is 0 Å². The first kappa shape index (κ1) is 10.6. The van der Waals surface area contributed by atoms with E-state index in [2.05, 4.69) is 15.0 Å². The van der Waals surface area contributed by atoms with Gasteiger partial charge < -0.3 is 20.1 Å². The van der Waals surface area contributed by atoms with Gasteiger partial charge in [0.15, 0.2) is 5.76 Å². The largest absolute Gasteiger partial charge is 0.423 e. The van der Waals surface area contributed by atoms with Gasteiger partial charge in [0.25, 0.3) is 6.01 Å². The van der Waals surface area contributed by atoms with Crippen LogP contribution in [-0.4, -0.2) is 15.0 Å². The van der Waals surface area contributed by atoms with Crippen LogP contribution < -0.4 is 11.4 Å². The number of nitrogens with one attached hydrogen (secondary N) is 2. The summed E-state index contributed by atoms with van der Waals surface area (Å²) in [5.74, 6) is 0.652. The number of imidazole rings is 1. The number of aryl methyl sites for hydroxylation is 1. The lowest BCUT2D eigenvalue weighted by Crippen LogP contribution is -1.99. The third-order valence-electron chi connectivity index (χ3n) is 2.83. The Morgan fingerprint density at radius 2 is 2.11 bits per heavy atom. The van der Waals surface area contributed by atoms with E-state index in [4.69, 9.17) is 10.2 Å². The molecule has 92 valence electrons. The van der Waals surface area contributed by atoms with Gasteiger partial charge in [0.2, 0.25) is 0 Å². The van der Waals surface area contributed by atoms with E-state index in [1.807, 2.05) is 25.1 Å². The fraction of sp³-hybridized carbons (Fsp3) is 0.167. The fourth-order valence-corrected chi connectivity index (χ4v) is 2.01. The monoisotopic (exact) mass is 244 g/mol. The van der Waals surface area contributed by atoms with Gasteiger partial charge in [0, 0.05) is 5.56 Å². The summed E-state index contributed by atoms with van der Waals surface area (Å²) in [7, 11) is 0. The Balaban J connectivity index is 2.21. The Labute approximate surface area is 102 Å². The smallest absolute Gasteiger partial charge is 0.323 e. The molecular weight excluding hydrogens is 232 g/mol. The van der Waals surface area contributed by atoms with E-state index in [-0.39, 0.29) is 11.7 Å². The molecular formula is C12H12N4O2. The molecule has 6 nitrogen and oxygen atoms in total. The summed E-state index contributed by atoms with van der Waals surface area (Å²) < 4.78 is 5.41. The second kappa shape index (κ2) is 3.76. The number of oxazole rings is 1. The number of nitrogen functional groups attached to an aromatic ring is 1. The maximum Gasteiger partial charge on any atom is 0.323 e. The lowest BCUT2D eigenvalue weighted by Gasteiger charge is -1.99. The van der Waals surface area contributed by atoms with Crippen molar-refractivity contribution >= 4 is 17.0 Å². The molecule has 0 saturated carbocycles. The molecule has 0 bridgehead atoms. The van der Waals surface area contributed by atoms with Crippen LogP contribution in [0.15, 0.2) is 27.4 Å². The molecule has 0 aliphatic heterocycles. The van der Waals surface area contributed by atoms with Gasteiger partial charge in [0.1, 0.15) is 0 Å². The number of hydrogen-bond acceptors (Lipinski definition) is 4. The lowest BCUT2D eigenvalue weighted by atomic mass is 10.1. The molecule has 3 aromatic rings. The molecule has 2 heterocycles. The zero-order valence-electron chi connectivity index (χ0n) is 9.78. The van der Waals surface area contributed by atoms with E-state index in [0.717, 1.165) is 28.7 Å². The molecule has 0 spiro atoms. The van der Waals surface area contributed by atoms with Gasteiger partial charge in [-0.3, -0.25) is 0 Å². The van der Waals surface area contributed by atoms with E-state index in [1.54, 1.807) is 0 Å². The van der Waals surface area contributed by atoms with Gasteiger partial charge in [-0.1, -0.05) is 6.92 Å². The highest BCUT2D eigenvalue weighted by Gasteiger charge is 2.13. The number of aromatic amines is 2. The molecule has 0 aliphatic carbocycles. The van der Waals surface area contributed by atoms with Gasteiger partial charge >= 0.3 is 5.69 Å². The van der Waals surface area contributed by atoms with Crippen molar-refractivity contribution in [3.05, 3.63) is 34.4 Å². The molecule has 18 heavy (non-hydrogen) atoms. The minimum Gasteiger partial charge on any atom is -0.423 e. The Hall–Kier alpha value is -2.50. The third-order valence-corrected chi connectivity index (χ3v) is 2.83. The molecule has 3 rings (SSSR count). The van der Waals surface area contributed by atoms with Crippen LogP contribution in [0.5, 0.6) is 0 Å². The SMILES string of the molecule is CCc1nc(N)oc1-c1ccc2[nH]c(=O)[nH]c2c1. The Morgan fingerprint density at radius 1 is 1.33 bits per heavy atom. The first-order valence-electron chi connectivity index (χ1n) is 5.65. The molecule has 0 atom stereocenters. The highest BCUT2D eigenvalue weighted by Crippen LogP contribution is 2.27. The molecule has 0 unspecified atom stereocenters. The first-order chi connectivity index (χ1) is 8.67. The Kier molecular flexibility index (Phi) is 2.22. The fourth-order valence-electron chi connectivity index (χ4n) is 2.01. The summed E-state index contributed by atoms with van der Waals surface area (Å²) in [6.07, 6.45) is 0.734. The van der Waals surface area contributed by atoms with Gasteiger partial charge in [-0.15, -0.1) is 0 Å². The van der Waals surface area contributed by atoms with Crippen LogP contribution in [0.1, 0.15) is 12.6 Å². The Morgan fingerprint density at radius 3 is 2.89 bits per heavy atom. The van der Waals surface area contributed by atoms with E-state index < -0.39 is 0 Å². The van der Waals surface area contributed by atoms with Crippen molar-refractivity contribution in [2.24, 2.45) is 0 Å². The number of hydrogen-bond donors (Lipinski definition) is 3. The number of aromatic nitrogens is 3. The van der Waals surface area contributed by atoms with Crippen molar-refractivity contribution in [2.75, 3.05) is 5.73 Å². The van der Waals surface area contributed by atoms with Crippen LogP contribution in [0, 0.1) is 0 Å². The number of rotatable bonds is 2. The molecule has 1 aromatic carbocycles. The molecule has 0 fully saturated rings.